The average Bonchev–Trinajstić information content (AvgIpc) is 3.34. The molecule has 2 aromatic heterocycles. The molecule has 31 heavy (non-hydrogen) atoms. The second kappa shape index (κ2) is 8.24. The Morgan fingerprint density at radius 1 is 1.19 bits per heavy atom. The van der Waals surface area contributed by atoms with Gasteiger partial charge < -0.3 is 15.0 Å². The zero-order valence-corrected chi connectivity index (χ0v) is 17.2. The number of aromatic hydroxyl groups is 1. The van der Waals surface area contributed by atoms with Gasteiger partial charge in [-0.1, -0.05) is 18.9 Å². The normalized spacial score (nSPS) is 15.0. The summed E-state index contributed by atoms with van der Waals surface area (Å²) in [7, 11) is 1.86. The van der Waals surface area contributed by atoms with Gasteiger partial charge in [0.25, 0.3) is 0 Å². The summed E-state index contributed by atoms with van der Waals surface area (Å²) in [4.78, 5) is 16.5. The number of phenolic OH excluding ortho intramolecular Hbond substituents is 1. The van der Waals surface area contributed by atoms with Crippen LogP contribution in [0.15, 0.2) is 36.5 Å². The van der Waals surface area contributed by atoms with Crippen LogP contribution in [-0.2, 0) is 31.0 Å². The van der Waals surface area contributed by atoms with E-state index in [9.17, 15) is 23.1 Å². The van der Waals surface area contributed by atoms with Gasteiger partial charge in [-0.15, -0.1) is 0 Å². The molecule has 0 spiro atoms. The average molecular weight is 431 g/mol. The van der Waals surface area contributed by atoms with Crippen LogP contribution in [0.4, 0.5) is 13.2 Å². The summed E-state index contributed by atoms with van der Waals surface area (Å²) in [6, 6.07) is 7.41. The Morgan fingerprint density at radius 2 is 1.94 bits per heavy atom. The van der Waals surface area contributed by atoms with Gasteiger partial charge in [0.1, 0.15) is 11.4 Å². The molecule has 3 aromatic rings. The molecule has 1 amide bonds. The minimum atomic E-state index is -4.49. The lowest BCUT2D eigenvalue weighted by molar-refractivity contribution is -0.141. The van der Waals surface area contributed by atoms with Crippen LogP contribution in [0, 0.1) is 0 Å². The van der Waals surface area contributed by atoms with Crippen molar-refractivity contribution in [3.63, 3.8) is 0 Å². The lowest BCUT2D eigenvalue weighted by Crippen LogP contribution is -2.26. The van der Waals surface area contributed by atoms with Gasteiger partial charge >= 0.3 is 6.18 Å². The first-order valence-electron chi connectivity index (χ1n) is 10.3. The summed E-state index contributed by atoms with van der Waals surface area (Å²) in [5, 5.41) is 13.4. The number of fused-ring (bicyclic) bond motifs is 1. The van der Waals surface area contributed by atoms with Crippen molar-refractivity contribution < 1.29 is 23.1 Å². The van der Waals surface area contributed by atoms with Crippen molar-refractivity contribution in [1.82, 2.24) is 14.9 Å². The van der Waals surface area contributed by atoms with Gasteiger partial charge in [0, 0.05) is 42.3 Å². The first-order valence-corrected chi connectivity index (χ1v) is 10.3. The highest BCUT2D eigenvalue weighted by atomic mass is 19.4. The number of hydrogen-bond acceptors (Lipinski definition) is 3. The van der Waals surface area contributed by atoms with Crippen molar-refractivity contribution in [3.05, 3.63) is 59.0 Å². The Labute approximate surface area is 177 Å². The molecule has 1 aliphatic carbocycles. The number of aryl methyl sites for hydroxylation is 1. The number of pyridine rings is 1. The van der Waals surface area contributed by atoms with Crippen LogP contribution >= 0.6 is 0 Å². The highest BCUT2D eigenvalue weighted by molar-refractivity contribution is 5.90. The van der Waals surface area contributed by atoms with Crippen LogP contribution in [0.5, 0.6) is 5.75 Å². The second-order valence-corrected chi connectivity index (χ2v) is 8.14. The molecule has 1 aliphatic rings. The molecule has 2 N–H and O–H groups in total. The molecule has 0 unspecified atom stereocenters. The van der Waals surface area contributed by atoms with E-state index >= 15 is 0 Å². The van der Waals surface area contributed by atoms with Crippen molar-refractivity contribution in [1.29, 1.82) is 0 Å². The molecule has 0 saturated heterocycles. The summed E-state index contributed by atoms with van der Waals surface area (Å²) >= 11 is 0. The maximum absolute atomic E-state index is 13.1. The number of amides is 1. The number of benzene rings is 1. The van der Waals surface area contributed by atoms with E-state index < -0.39 is 11.9 Å². The third kappa shape index (κ3) is 4.52. The van der Waals surface area contributed by atoms with Gasteiger partial charge in [-0.3, -0.25) is 4.79 Å². The molecule has 4 rings (SSSR count). The Kier molecular flexibility index (Phi) is 5.64. The third-order valence-electron chi connectivity index (χ3n) is 5.93. The minimum absolute atomic E-state index is 0.00440. The predicted octanol–water partition coefficient (Wildman–Crippen LogP) is 4.81. The lowest BCUT2D eigenvalue weighted by Gasteiger charge is -2.17. The zero-order chi connectivity index (χ0) is 22.2. The Balaban J connectivity index is 1.51. The van der Waals surface area contributed by atoms with Crippen LogP contribution in [0.3, 0.4) is 0 Å². The topological polar surface area (TPSA) is 67.2 Å². The van der Waals surface area contributed by atoms with E-state index in [0.717, 1.165) is 48.2 Å². The molecule has 2 heterocycles. The molecule has 1 aromatic carbocycles. The highest BCUT2D eigenvalue weighted by Crippen LogP contribution is 2.37. The quantitative estimate of drug-likeness (QED) is 0.609. The number of hydrogen-bond donors (Lipinski definition) is 2. The van der Waals surface area contributed by atoms with Gasteiger partial charge in [0.05, 0.1) is 6.42 Å². The number of rotatable bonds is 5. The Bertz CT molecular complexity index is 1120. The molecule has 0 aliphatic heterocycles. The minimum Gasteiger partial charge on any atom is -0.508 e. The van der Waals surface area contributed by atoms with Gasteiger partial charge in [-0.2, -0.15) is 13.2 Å². The largest absolute Gasteiger partial charge is 0.508 e. The highest BCUT2D eigenvalue weighted by Gasteiger charge is 2.34. The first kappa shape index (κ1) is 21.2. The van der Waals surface area contributed by atoms with E-state index in [0.29, 0.717) is 11.3 Å². The Morgan fingerprint density at radius 3 is 2.65 bits per heavy atom. The predicted molar refractivity (Wildman–Crippen MR) is 111 cm³/mol. The van der Waals surface area contributed by atoms with E-state index in [1.165, 1.54) is 6.07 Å². The monoisotopic (exact) mass is 431 g/mol. The number of carbonyl (C=O) groups is 1. The Hall–Kier alpha value is -3.03. The van der Waals surface area contributed by atoms with E-state index in [1.807, 2.05) is 17.8 Å². The van der Waals surface area contributed by atoms with E-state index in [4.69, 9.17) is 0 Å². The summed E-state index contributed by atoms with van der Waals surface area (Å²) in [6.07, 6.45) is 1.03. The summed E-state index contributed by atoms with van der Waals surface area (Å²) in [6.45, 7) is 0.131. The van der Waals surface area contributed by atoms with Crippen molar-refractivity contribution in [2.75, 3.05) is 0 Å². The van der Waals surface area contributed by atoms with Gasteiger partial charge in [-0.05, 0) is 48.2 Å². The smallest absolute Gasteiger partial charge is 0.433 e. The van der Waals surface area contributed by atoms with Crippen LogP contribution in [0.25, 0.3) is 10.9 Å². The number of alkyl halides is 3. The molecule has 0 atom stereocenters. The third-order valence-corrected chi connectivity index (χ3v) is 5.93. The fourth-order valence-corrected chi connectivity index (χ4v) is 4.40. The van der Waals surface area contributed by atoms with Crippen LogP contribution in [0.2, 0.25) is 0 Å². The molecule has 1 saturated carbocycles. The van der Waals surface area contributed by atoms with Crippen molar-refractivity contribution in [3.8, 4) is 5.75 Å². The summed E-state index contributed by atoms with van der Waals surface area (Å²) in [5.74, 6) is -0.124. The SMILES string of the molecule is Cn1cc(CC(=O)NCc2ccc(C(F)(F)F)nc2C2CCCC2)c2cc(O)ccc21. The number of carbonyl (C=O) groups excluding carboxylic acids is 1. The molecular weight excluding hydrogens is 407 g/mol. The number of nitrogens with zero attached hydrogens (tertiary/aromatic N) is 2. The van der Waals surface area contributed by atoms with Gasteiger partial charge in [0.2, 0.25) is 5.91 Å². The number of halogens is 3. The second-order valence-electron chi connectivity index (χ2n) is 8.14. The van der Waals surface area contributed by atoms with Crippen LogP contribution in [-0.4, -0.2) is 20.6 Å². The molecule has 1 fully saturated rings. The maximum atomic E-state index is 13.1. The van der Waals surface area contributed by atoms with Crippen LogP contribution in [0.1, 0.15) is 54.1 Å². The summed E-state index contributed by atoms with van der Waals surface area (Å²) < 4.78 is 41.3. The van der Waals surface area contributed by atoms with E-state index in [2.05, 4.69) is 10.3 Å². The molecular formula is C23H24F3N3O2. The van der Waals surface area contributed by atoms with Gasteiger partial charge in [0.15, 0.2) is 0 Å². The number of nitrogens with one attached hydrogen (secondary N) is 1. The maximum Gasteiger partial charge on any atom is 0.433 e. The number of aromatic nitrogens is 2. The molecule has 0 radical (unpaired) electrons. The molecule has 164 valence electrons. The zero-order valence-electron chi connectivity index (χ0n) is 17.2. The fraction of sp³-hybridized carbons (Fsp3) is 0.391. The van der Waals surface area contributed by atoms with E-state index in [-0.39, 0.29) is 30.5 Å². The fourth-order valence-electron chi connectivity index (χ4n) is 4.40. The summed E-state index contributed by atoms with van der Waals surface area (Å²) in [5.41, 5.74) is 1.86. The van der Waals surface area contributed by atoms with E-state index in [1.54, 1.807) is 18.2 Å². The first-order chi connectivity index (χ1) is 14.7. The molecule has 0 bridgehead atoms. The van der Waals surface area contributed by atoms with Crippen molar-refractivity contribution >= 4 is 16.8 Å². The molecule has 8 heteroatoms. The standard InChI is InChI=1S/C23H24F3N3O2/c1-29-13-16(18-11-17(30)7-8-19(18)29)10-21(31)27-12-15-6-9-20(23(24,25)26)28-22(15)14-4-2-3-5-14/h6-9,11,13-14,30H,2-5,10,12H2,1H3,(H,27,31). The van der Waals surface area contributed by atoms with Crippen molar-refractivity contribution in [2.24, 2.45) is 7.05 Å². The van der Waals surface area contributed by atoms with Crippen molar-refractivity contribution in [2.45, 2.75) is 50.7 Å². The number of phenols is 1. The van der Waals surface area contributed by atoms with Crippen LogP contribution < -0.4 is 5.32 Å². The lowest BCUT2D eigenvalue weighted by atomic mass is 9.97. The van der Waals surface area contributed by atoms with Gasteiger partial charge in [-0.25, -0.2) is 4.98 Å². The molecule has 5 nitrogen and oxygen atoms in total.